The van der Waals surface area contributed by atoms with Gasteiger partial charge in [0, 0.05) is 30.1 Å². The fraction of sp³-hybridized carbons (Fsp3) is 0.273. The molecule has 1 aromatic carbocycles. The molecule has 1 fully saturated rings. The molecule has 1 aliphatic rings. The maximum Gasteiger partial charge on any atom is 0.260 e. The van der Waals surface area contributed by atoms with Crippen molar-refractivity contribution < 1.29 is 4.79 Å². The second kappa shape index (κ2) is 7.16. The van der Waals surface area contributed by atoms with Crippen LogP contribution in [0.4, 0.5) is 0 Å². The van der Waals surface area contributed by atoms with Gasteiger partial charge in [0.05, 0.1) is 16.7 Å². The van der Waals surface area contributed by atoms with E-state index in [0.717, 1.165) is 42.3 Å². The van der Waals surface area contributed by atoms with Crippen molar-refractivity contribution in [1.82, 2.24) is 24.3 Å². The Morgan fingerprint density at radius 3 is 2.55 bits per heavy atom. The zero-order valence-corrected chi connectivity index (χ0v) is 15.9. The first kappa shape index (κ1) is 17.6. The number of hydrogen-bond donors (Lipinski definition) is 1. The molecule has 3 aromatic heterocycles. The van der Waals surface area contributed by atoms with E-state index < -0.39 is 0 Å². The first-order valence-electron chi connectivity index (χ1n) is 9.91. The lowest BCUT2D eigenvalue weighted by Crippen LogP contribution is -2.35. The molecule has 0 bridgehead atoms. The number of aromatic nitrogens is 4. The number of benzene rings is 1. The molecule has 146 valence electrons. The van der Waals surface area contributed by atoms with Gasteiger partial charge >= 0.3 is 0 Å². The molecule has 0 atom stereocenters. The second-order valence-corrected chi connectivity index (χ2v) is 7.47. The van der Waals surface area contributed by atoms with Crippen LogP contribution in [0.25, 0.3) is 28.1 Å². The number of pyridine rings is 1. The molecular weight excluding hydrogens is 366 g/mol. The van der Waals surface area contributed by atoms with Crippen LogP contribution in [0.3, 0.4) is 0 Å². The molecule has 0 saturated heterocycles. The Bertz CT molecular complexity index is 1250. The van der Waals surface area contributed by atoms with Crippen LogP contribution in [0.2, 0.25) is 0 Å². The standard InChI is InChI=1S/C22H21N5O2/c28-20(24-16-5-1-2-6-16)14-26-18-7-3-4-8-19(18)27-21(29)13-17(25-22(26)27)15-9-11-23-12-10-15/h3-4,7-13,16H,1-2,5-6,14H2,(H,24,28). The highest BCUT2D eigenvalue weighted by Gasteiger charge is 2.20. The van der Waals surface area contributed by atoms with E-state index in [4.69, 9.17) is 4.98 Å². The van der Waals surface area contributed by atoms with Gasteiger partial charge in [0.1, 0.15) is 6.54 Å². The number of rotatable bonds is 4. The molecule has 5 rings (SSSR count). The van der Waals surface area contributed by atoms with Gasteiger partial charge < -0.3 is 9.88 Å². The third kappa shape index (κ3) is 3.18. The van der Waals surface area contributed by atoms with Crippen molar-refractivity contribution in [3.05, 3.63) is 65.2 Å². The number of nitrogens with one attached hydrogen (secondary N) is 1. The smallest absolute Gasteiger partial charge is 0.260 e. The lowest BCUT2D eigenvalue weighted by Gasteiger charge is -2.13. The van der Waals surface area contributed by atoms with Crippen molar-refractivity contribution in [2.45, 2.75) is 38.3 Å². The Kier molecular flexibility index (Phi) is 4.35. The first-order chi connectivity index (χ1) is 14.2. The van der Waals surface area contributed by atoms with E-state index >= 15 is 0 Å². The minimum Gasteiger partial charge on any atom is -0.352 e. The number of hydrogen-bond acceptors (Lipinski definition) is 4. The summed E-state index contributed by atoms with van der Waals surface area (Å²) in [4.78, 5) is 34.5. The van der Waals surface area contributed by atoms with Crippen molar-refractivity contribution in [2.75, 3.05) is 0 Å². The maximum atomic E-state index is 13.0. The summed E-state index contributed by atoms with van der Waals surface area (Å²) < 4.78 is 3.40. The molecule has 1 N–H and O–H groups in total. The van der Waals surface area contributed by atoms with Crippen LogP contribution in [-0.2, 0) is 11.3 Å². The second-order valence-electron chi connectivity index (χ2n) is 7.47. The number of amides is 1. The topological polar surface area (TPSA) is 81.3 Å². The van der Waals surface area contributed by atoms with E-state index in [-0.39, 0.29) is 24.1 Å². The lowest BCUT2D eigenvalue weighted by atomic mass is 10.2. The molecule has 0 spiro atoms. The molecule has 0 unspecified atom stereocenters. The van der Waals surface area contributed by atoms with Gasteiger partial charge in [0.2, 0.25) is 11.7 Å². The van der Waals surface area contributed by atoms with Gasteiger partial charge in [0.15, 0.2) is 0 Å². The largest absolute Gasteiger partial charge is 0.352 e. The Labute approximate surface area is 167 Å². The fourth-order valence-corrected chi connectivity index (χ4v) is 4.18. The molecule has 4 aromatic rings. The SMILES string of the molecule is O=C(Cn1c2ccccc2n2c(=O)cc(-c3ccncc3)nc12)NC1CCCC1. The van der Waals surface area contributed by atoms with Gasteiger partial charge in [-0.3, -0.25) is 14.6 Å². The van der Waals surface area contributed by atoms with Crippen molar-refractivity contribution in [3.63, 3.8) is 0 Å². The molecule has 1 saturated carbocycles. The summed E-state index contributed by atoms with van der Waals surface area (Å²) in [5.41, 5.74) is 2.76. The Morgan fingerprint density at radius 1 is 1.07 bits per heavy atom. The Balaban J connectivity index is 1.65. The lowest BCUT2D eigenvalue weighted by molar-refractivity contribution is -0.122. The van der Waals surface area contributed by atoms with Crippen LogP contribution in [0.5, 0.6) is 0 Å². The van der Waals surface area contributed by atoms with E-state index in [1.807, 2.05) is 41.0 Å². The van der Waals surface area contributed by atoms with Gasteiger partial charge in [-0.2, -0.15) is 0 Å². The molecule has 1 aliphatic carbocycles. The van der Waals surface area contributed by atoms with E-state index in [1.165, 1.54) is 6.07 Å². The highest BCUT2D eigenvalue weighted by molar-refractivity contribution is 5.85. The average Bonchev–Trinajstić information content (AvgIpc) is 3.35. The molecule has 0 aliphatic heterocycles. The number of imidazole rings is 1. The zero-order chi connectivity index (χ0) is 19.8. The van der Waals surface area contributed by atoms with Crippen LogP contribution in [0.1, 0.15) is 25.7 Å². The Hall–Kier alpha value is -3.48. The molecule has 0 radical (unpaired) electrons. The van der Waals surface area contributed by atoms with E-state index in [1.54, 1.807) is 16.8 Å². The van der Waals surface area contributed by atoms with Gasteiger partial charge in [-0.05, 0) is 37.1 Å². The number of carbonyl (C=O) groups is 1. The number of nitrogens with zero attached hydrogens (tertiary/aromatic N) is 4. The maximum absolute atomic E-state index is 13.0. The van der Waals surface area contributed by atoms with Crippen molar-refractivity contribution in [2.24, 2.45) is 0 Å². The summed E-state index contributed by atoms with van der Waals surface area (Å²) in [7, 11) is 0. The minimum atomic E-state index is -0.173. The van der Waals surface area contributed by atoms with Gasteiger partial charge in [0.25, 0.3) is 5.56 Å². The predicted octanol–water partition coefficient (Wildman–Crippen LogP) is 2.77. The molecular formula is C22H21N5O2. The highest BCUT2D eigenvalue weighted by atomic mass is 16.2. The van der Waals surface area contributed by atoms with Crippen LogP contribution >= 0.6 is 0 Å². The molecule has 29 heavy (non-hydrogen) atoms. The van der Waals surface area contributed by atoms with Crippen LogP contribution in [0.15, 0.2) is 59.7 Å². The van der Waals surface area contributed by atoms with Gasteiger partial charge in [-0.1, -0.05) is 25.0 Å². The first-order valence-corrected chi connectivity index (χ1v) is 9.91. The van der Waals surface area contributed by atoms with E-state index in [2.05, 4.69) is 10.3 Å². The Morgan fingerprint density at radius 2 is 1.79 bits per heavy atom. The number of fused-ring (bicyclic) bond motifs is 3. The monoisotopic (exact) mass is 387 g/mol. The summed E-state index contributed by atoms with van der Waals surface area (Å²) in [6.45, 7) is 0.125. The molecule has 1 amide bonds. The quantitative estimate of drug-likeness (QED) is 0.584. The zero-order valence-electron chi connectivity index (χ0n) is 15.9. The molecule has 7 heteroatoms. The number of para-hydroxylation sites is 2. The summed E-state index contributed by atoms with van der Waals surface area (Å²) >= 11 is 0. The van der Waals surface area contributed by atoms with Crippen molar-refractivity contribution >= 4 is 22.7 Å². The van der Waals surface area contributed by atoms with Crippen LogP contribution in [-0.4, -0.2) is 30.9 Å². The van der Waals surface area contributed by atoms with E-state index in [0.29, 0.717) is 11.5 Å². The molecule has 3 heterocycles. The van der Waals surface area contributed by atoms with E-state index in [9.17, 15) is 9.59 Å². The highest BCUT2D eigenvalue weighted by Crippen LogP contribution is 2.22. The third-order valence-electron chi connectivity index (χ3n) is 5.55. The van der Waals surface area contributed by atoms with Gasteiger partial charge in [-0.25, -0.2) is 9.38 Å². The predicted molar refractivity (Wildman–Crippen MR) is 111 cm³/mol. The molecule has 7 nitrogen and oxygen atoms in total. The van der Waals surface area contributed by atoms with Crippen molar-refractivity contribution in [3.8, 4) is 11.3 Å². The van der Waals surface area contributed by atoms with Gasteiger partial charge in [-0.15, -0.1) is 0 Å². The summed E-state index contributed by atoms with van der Waals surface area (Å²) in [5, 5.41) is 3.12. The average molecular weight is 387 g/mol. The normalized spacial score (nSPS) is 14.6. The van der Waals surface area contributed by atoms with Crippen molar-refractivity contribution in [1.29, 1.82) is 0 Å². The van der Waals surface area contributed by atoms with Crippen LogP contribution in [0, 0.1) is 0 Å². The number of carbonyl (C=O) groups excluding carboxylic acids is 1. The summed E-state index contributed by atoms with van der Waals surface area (Å²) in [6.07, 6.45) is 7.72. The third-order valence-corrected chi connectivity index (χ3v) is 5.55. The minimum absolute atomic E-state index is 0.0521. The van der Waals surface area contributed by atoms with Crippen LogP contribution < -0.4 is 10.9 Å². The summed E-state index contributed by atoms with van der Waals surface area (Å²) in [6, 6.07) is 13.0. The fourth-order valence-electron chi connectivity index (χ4n) is 4.18. The summed E-state index contributed by atoms with van der Waals surface area (Å²) in [5.74, 6) is 0.413.